The molecule has 0 bridgehead atoms. The number of rotatable bonds is 2. The van der Waals surface area contributed by atoms with E-state index in [2.05, 4.69) is 15.9 Å². The second kappa shape index (κ2) is 7.44. The van der Waals surface area contributed by atoms with E-state index in [9.17, 15) is 22.8 Å². The molecular formula is C22H17BrF3NO2. The Labute approximate surface area is 174 Å². The molecule has 1 aliphatic carbocycles. The average molecular weight is 464 g/mol. The molecule has 150 valence electrons. The van der Waals surface area contributed by atoms with Crippen molar-refractivity contribution < 1.29 is 22.8 Å². The molecule has 0 saturated heterocycles. The van der Waals surface area contributed by atoms with E-state index in [1.54, 1.807) is 0 Å². The van der Waals surface area contributed by atoms with Crippen molar-refractivity contribution in [2.75, 3.05) is 4.90 Å². The maximum atomic E-state index is 13.0. The van der Waals surface area contributed by atoms with Gasteiger partial charge in [0.05, 0.1) is 5.56 Å². The van der Waals surface area contributed by atoms with Crippen LogP contribution in [0.4, 0.5) is 18.9 Å². The second-order valence-electron chi connectivity index (χ2n) is 7.22. The molecule has 0 saturated carbocycles. The number of carbonyl (C=O) groups excluding carboxylic acids is 2. The van der Waals surface area contributed by atoms with Crippen molar-refractivity contribution in [1.82, 2.24) is 0 Å². The predicted molar refractivity (Wildman–Crippen MR) is 106 cm³/mol. The van der Waals surface area contributed by atoms with Gasteiger partial charge >= 0.3 is 6.18 Å². The van der Waals surface area contributed by atoms with Gasteiger partial charge in [-0.3, -0.25) is 14.5 Å². The van der Waals surface area contributed by atoms with Crippen LogP contribution in [0.5, 0.6) is 0 Å². The van der Waals surface area contributed by atoms with Crippen LogP contribution in [0.2, 0.25) is 0 Å². The summed E-state index contributed by atoms with van der Waals surface area (Å²) in [6.07, 6.45) is -2.76. The van der Waals surface area contributed by atoms with E-state index >= 15 is 0 Å². The molecule has 3 nitrogen and oxygen atoms in total. The summed E-state index contributed by atoms with van der Waals surface area (Å²) in [4.78, 5) is 27.3. The standard InChI is InChI=1S/C22H17BrF3NO2/c23-15-8-4-13(5-9-15)17-12-20(29)27(18-2-1-3-19(28)21(17)18)16-10-6-14(7-11-16)22(24,25)26/h4-11,17H,1-3,12H2. The fourth-order valence-electron chi connectivity index (χ4n) is 4.07. The topological polar surface area (TPSA) is 37.4 Å². The smallest absolute Gasteiger partial charge is 0.294 e. The van der Waals surface area contributed by atoms with Crippen LogP contribution in [0.3, 0.4) is 0 Å². The minimum absolute atomic E-state index is 0.00332. The largest absolute Gasteiger partial charge is 0.416 e. The third kappa shape index (κ3) is 3.75. The van der Waals surface area contributed by atoms with Gasteiger partial charge in [0.1, 0.15) is 0 Å². The first kappa shape index (κ1) is 19.9. The predicted octanol–water partition coefficient (Wildman–Crippen LogP) is 6.00. The van der Waals surface area contributed by atoms with E-state index in [1.165, 1.54) is 17.0 Å². The summed E-state index contributed by atoms with van der Waals surface area (Å²) < 4.78 is 39.6. The van der Waals surface area contributed by atoms with Crippen LogP contribution in [-0.2, 0) is 15.8 Å². The fourth-order valence-corrected chi connectivity index (χ4v) is 4.34. The molecule has 1 heterocycles. The lowest BCUT2D eigenvalue weighted by Gasteiger charge is -2.38. The summed E-state index contributed by atoms with van der Waals surface area (Å²) >= 11 is 3.39. The van der Waals surface area contributed by atoms with Crippen molar-refractivity contribution >= 4 is 33.3 Å². The van der Waals surface area contributed by atoms with E-state index in [-0.39, 0.29) is 24.0 Å². The number of halogens is 4. The van der Waals surface area contributed by atoms with E-state index in [0.717, 1.165) is 22.2 Å². The SMILES string of the molecule is O=C1CCCC2=C1C(c1ccc(Br)cc1)CC(=O)N2c1ccc(C(F)(F)F)cc1. The number of alkyl halides is 3. The van der Waals surface area contributed by atoms with Gasteiger partial charge in [0.25, 0.3) is 0 Å². The summed E-state index contributed by atoms with van der Waals surface area (Å²) in [5, 5.41) is 0. The third-order valence-corrected chi connectivity index (χ3v) is 5.93. The Morgan fingerprint density at radius 2 is 1.59 bits per heavy atom. The minimum atomic E-state index is -4.44. The number of amides is 1. The Morgan fingerprint density at radius 3 is 2.21 bits per heavy atom. The Kier molecular flexibility index (Phi) is 5.11. The zero-order chi connectivity index (χ0) is 20.8. The molecule has 2 aromatic rings. The summed E-state index contributed by atoms with van der Waals surface area (Å²) in [5.74, 6) is -0.543. The first-order chi connectivity index (χ1) is 13.8. The minimum Gasteiger partial charge on any atom is -0.294 e. The molecule has 1 unspecified atom stereocenters. The number of nitrogens with zero attached hydrogens (tertiary/aromatic N) is 1. The number of hydrogen-bond acceptors (Lipinski definition) is 2. The maximum absolute atomic E-state index is 13.0. The van der Waals surface area contributed by atoms with E-state index < -0.39 is 11.7 Å². The summed E-state index contributed by atoms with van der Waals surface area (Å²) in [6.45, 7) is 0. The zero-order valence-corrected chi connectivity index (χ0v) is 16.9. The molecule has 1 atom stereocenters. The number of Topliss-reactive ketones (excluding diaryl/α,β-unsaturated/α-hetero) is 1. The molecule has 29 heavy (non-hydrogen) atoms. The van der Waals surface area contributed by atoms with E-state index in [0.29, 0.717) is 36.2 Å². The van der Waals surface area contributed by atoms with E-state index in [4.69, 9.17) is 0 Å². The summed E-state index contributed by atoms with van der Waals surface area (Å²) in [6, 6.07) is 12.0. The quantitative estimate of drug-likeness (QED) is 0.547. The lowest BCUT2D eigenvalue weighted by molar-refractivity contribution is -0.137. The van der Waals surface area contributed by atoms with Gasteiger partial charge in [-0.05, 0) is 54.8 Å². The van der Waals surface area contributed by atoms with Gasteiger partial charge in [0.2, 0.25) is 5.91 Å². The number of ketones is 1. The zero-order valence-electron chi connectivity index (χ0n) is 15.3. The highest BCUT2D eigenvalue weighted by Gasteiger charge is 2.40. The van der Waals surface area contributed by atoms with Crippen LogP contribution >= 0.6 is 15.9 Å². The number of carbonyl (C=O) groups is 2. The van der Waals surface area contributed by atoms with Gasteiger partial charge in [-0.2, -0.15) is 13.2 Å². The number of anilines is 1. The molecule has 7 heteroatoms. The Morgan fingerprint density at radius 1 is 0.931 bits per heavy atom. The van der Waals surface area contributed by atoms with Gasteiger partial charge in [0, 0.05) is 40.2 Å². The molecule has 0 N–H and O–H groups in total. The van der Waals surface area contributed by atoms with Crippen molar-refractivity contribution in [3.05, 3.63) is 75.4 Å². The van der Waals surface area contributed by atoms with Crippen molar-refractivity contribution in [3.8, 4) is 0 Å². The third-order valence-electron chi connectivity index (χ3n) is 5.40. The summed E-state index contributed by atoms with van der Waals surface area (Å²) in [5.41, 5.74) is 1.70. The van der Waals surface area contributed by atoms with E-state index in [1.807, 2.05) is 24.3 Å². The van der Waals surface area contributed by atoms with Gasteiger partial charge in [-0.1, -0.05) is 28.1 Å². The molecular weight excluding hydrogens is 447 g/mol. The van der Waals surface area contributed by atoms with Gasteiger partial charge in [-0.15, -0.1) is 0 Å². The molecule has 0 aromatic heterocycles. The van der Waals surface area contributed by atoms with Crippen molar-refractivity contribution in [2.45, 2.75) is 37.8 Å². The van der Waals surface area contributed by atoms with Gasteiger partial charge in [0.15, 0.2) is 5.78 Å². The maximum Gasteiger partial charge on any atom is 0.416 e. The molecule has 1 amide bonds. The van der Waals surface area contributed by atoms with Gasteiger partial charge in [-0.25, -0.2) is 0 Å². The first-order valence-corrected chi connectivity index (χ1v) is 10.1. The molecule has 1 aliphatic heterocycles. The second-order valence-corrected chi connectivity index (χ2v) is 8.13. The van der Waals surface area contributed by atoms with Crippen LogP contribution in [0.25, 0.3) is 0 Å². The highest BCUT2D eigenvalue weighted by molar-refractivity contribution is 9.10. The summed E-state index contributed by atoms with van der Waals surface area (Å²) in [7, 11) is 0. The molecule has 0 spiro atoms. The Balaban J connectivity index is 1.79. The highest BCUT2D eigenvalue weighted by atomic mass is 79.9. The van der Waals surface area contributed by atoms with Crippen LogP contribution in [0, 0.1) is 0 Å². The number of benzene rings is 2. The monoisotopic (exact) mass is 463 g/mol. The number of allylic oxidation sites excluding steroid dienone is 2. The highest BCUT2D eigenvalue weighted by Crippen LogP contribution is 2.43. The van der Waals surface area contributed by atoms with Crippen LogP contribution < -0.4 is 4.90 Å². The molecule has 2 aromatic carbocycles. The molecule has 0 radical (unpaired) electrons. The Bertz CT molecular complexity index is 994. The molecule has 2 aliphatic rings. The average Bonchev–Trinajstić information content (AvgIpc) is 2.67. The van der Waals surface area contributed by atoms with Crippen LogP contribution in [0.15, 0.2) is 64.3 Å². The Hall–Kier alpha value is -2.41. The van der Waals surface area contributed by atoms with Crippen LogP contribution in [-0.4, -0.2) is 11.7 Å². The number of hydrogen-bond donors (Lipinski definition) is 0. The van der Waals surface area contributed by atoms with Crippen molar-refractivity contribution in [1.29, 1.82) is 0 Å². The normalized spacial score (nSPS) is 20.1. The lowest BCUT2D eigenvalue weighted by atomic mass is 9.77. The van der Waals surface area contributed by atoms with Gasteiger partial charge < -0.3 is 0 Å². The molecule has 4 rings (SSSR count). The van der Waals surface area contributed by atoms with Crippen molar-refractivity contribution in [3.63, 3.8) is 0 Å². The molecule has 0 fully saturated rings. The van der Waals surface area contributed by atoms with Crippen molar-refractivity contribution in [2.24, 2.45) is 0 Å². The fraction of sp³-hybridized carbons (Fsp3) is 0.273. The first-order valence-electron chi connectivity index (χ1n) is 9.27. The van der Waals surface area contributed by atoms with Crippen LogP contribution in [0.1, 0.15) is 42.7 Å². The lowest BCUT2D eigenvalue weighted by Crippen LogP contribution is -2.40.